The van der Waals surface area contributed by atoms with E-state index in [2.05, 4.69) is 15.6 Å². The Balaban J connectivity index is 1.47. The number of rotatable bonds is 5. The Labute approximate surface area is 164 Å². The number of hydrogen-bond acceptors (Lipinski definition) is 5. The van der Waals surface area contributed by atoms with Crippen molar-refractivity contribution in [2.45, 2.75) is 70.1 Å². The Kier molecular flexibility index (Phi) is 5.19. The topological polar surface area (TPSA) is 101 Å². The van der Waals surface area contributed by atoms with E-state index in [1.54, 1.807) is 6.07 Å². The number of piperidine rings is 1. The first-order chi connectivity index (χ1) is 13.6. The lowest BCUT2D eigenvalue weighted by molar-refractivity contribution is -0.131. The number of fused-ring (bicyclic) bond motifs is 1. The third-order valence-corrected chi connectivity index (χ3v) is 5.91. The maximum absolute atomic E-state index is 12.9. The van der Waals surface area contributed by atoms with E-state index in [1.165, 1.54) is 7.11 Å². The second kappa shape index (κ2) is 7.77. The van der Waals surface area contributed by atoms with Crippen molar-refractivity contribution < 1.29 is 19.1 Å². The number of methoxy groups -OCH3 is 1. The van der Waals surface area contributed by atoms with Crippen molar-refractivity contribution >= 4 is 17.7 Å². The zero-order valence-corrected chi connectivity index (χ0v) is 16.1. The molecule has 0 aromatic carbocycles. The summed E-state index contributed by atoms with van der Waals surface area (Å²) in [5.41, 5.74) is 2.00. The summed E-state index contributed by atoms with van der Waals surface area (Å²) in [6, 6.07) is 1.58. The van der Waals surface area contributed by atoms with Crippen LogP contribution in [0, 0.1) is 0 Å². The molecule has 2 fully saturated rings. The van der Waals surface area contributed by atoms with Gasteiger partial charge in [-0.1, -0.05) is 12.8 Å². The van der Waals surface area contributed by atoms with Crippen LogP contribution in [-0.4, -0.2) is 46.8 Å². The van der Waals surface area contributed by atoms with Gasteiger partial charge in [0.05, 0.1) is 24.9 Å². The third kappa shape index (κ3) is 3.55. The number of amides is 3. The van der Waals surface area contributed by atoms with Crippen LogP contribution in [0.5, 0.6) is 5.88 Å². The molecule has 150 valence electrons. The van der Waals surface area contributed by atoms with Gasteiger partial charge in [-0.15, -0.1) is 0 Å². The lowest BCUT2D eigenvalue weighted by Gasteiger charge is -2.22. The Bertz CT molecular complexity index is 804. The van der Waals surface area contributed by atoms with Gasteiger partial charge in [-0.05, 0) is 31.7 Å². The van der Waals surface area contributed by atoms with Crippen molar-refractivity contribution in [2.75, 3.05) is 7.11 Å². The summed E-state index contributed by atoms with van der Waals surface area (Å²) in [7, 11) is 1.53. The second-order valence-electron chi connectivity index (χ2n) is 7.75. The van der Waals surface area contributed by atoms with Crippen molar-refractivity contribution in [3.8, 4) is 5.88 Å². The monoisotopic (exact) mass is 386 g/mol. The summed E-state index contributed by atoms with van der Waals surface area (Å²) in [6.07, 6.45) is 6.23. The molecule has 8 nitrogen and oxygen atoms in total. The van der Waals surface area contributed by atoms with E-state index in [9.17, 15) is 14.4 Å². The molecule has 1 aliphatic carbocycles. The van der Waals surface area contributed by atoms with E-state index in [1.807, 2.05) is 4.90 Å². The first-order valence-electron chi connectivity index (χ1n) is 10.0. The smallest absolute Gasteiger partial charge is 0.256 e. The number of pyridine rings is 1. The maximum atomic E-state index is 12.9. The SMILES string of the molecule is COc1nc2c(cc1CNC(=O)[C@@H]1CCCC(=O)N1)C(=O)N(C1CCCC1)C2. The van der Waals surface area contributed by atoms with Gasteiger partial charge >= 0.3 is 0 Å². The lowest BCUT2D eigenvalue weighted by Crippen LogP contribution is -2.48. The summed E-state index contributed by atoms with van der Waals surface area (Å²) in [5, 5.41) is 5.55. The van der Waals surface area contributed by atoms with Crippen molar-refractivity contribution in [1.29, 1.82) is 0 Å². The molecule has 3 heterocycles. The third-order valence-electron chi connectivity index (χ3n) is 5.91. The molecule has 1 aromatic rings. The van der Waals surface area contributed by atoms with Gasteiger partial charge in [-0.25, -0.2) is 4.98 Å². The maximum Gasteiger partial charge on any atom is 0.256 e. The van der Waals surface area contributed by atoms with E-state index in [4.69, 9.17) is 4.74 Å². The molecule has 4 rings (SSSR count). The Morgan fingerprint density at radius 3 is 2.79 bits per heavy atom. The molecule has 3 aliphatic rings. The highest BCUT2D eigenvalue weighted by atomic mass is 16.5. The van der Waals surface area contributed by atoms with Gasteiger partial charge in [-0.2, -0.15) is 0 Å². The highest BCUT2D eigenvalue weighted by Crippen LogP contribution is 2.33. The minimum Gasteiger partial charge on any atom is -0.481 e. The van der Waals surface area contributed by atoms with Gasteiger partial charge < -0.3 is 20.3 Å². The zero-order chi connectivity index (χ0) is 19.7. The van der Waals surface area contributed by atoms with Crippen LogP contribution in [0.25, 0.3) is 0 Å². The quantitative estimate of drug-likeness (QED) is 0.794. The molecule has 0 spiro atoms. The number of carbonyl (C=O) groups excluding carboxylic acids is 3. The highest BCUT2D eigenvalue weighted by molar-refractivity contribution is 5.98. The summed E-state index contributed by atoms with van der Waals surface area (Å²) in [6.45, 7) is 0.724. The molecule has 28 heavy (non-hydrogen) atoms. The summed E-state index contributed by atoms with van der Waals surface area (Å²) < 4.78 is 5.40. The average molecular weight is 386 g/mol. The van der Waals surface area contributed by atoms with Crippen LogP contribution in [0.4, 0.5) is 0 Å². The van der Waals surface area contributed by atoms with Gasteiger partial charge in [0.2, 0.25) is 17.7 Å². The molecule has 1 saturated carbocycles. The fraction of sp³-hybridized carbons (Fsp3) is 0.600. The highest BCUT2D eigenvalue weighted by Gasteiger charge is 2.36. The van der Waals surface area contributed by atoms with E-state index in [0.29, 0.717) is 48.9 Å². The van der Waals surface area contributed by atoms with Gasteiger partial charge in [0.15, 0.2) is 0 Å². The first-order valence-corrected chi connectivity index (χ1v) is 10.0. The predicted molar refractivity (Wildman–Crippen MR) is 101 cm³/mol. The number of nitrogens with one attached hydrogen (secondary N) is 2. The van der Waals surface area contributed by atoms with Crippen LogP contribution >= 0.6 is 0 Å². The normalized spacial score (nSPS) is 22.2. The molecule has 3 amide bonds. The summed E-state index contributed by atoms with van der Waals surface area (Å²) in [4.78, 5) is 43.2. The molecule has 0 bridgehead atoms. The minimum absolute atomic E-state index is 0.0178. The van der Waals surface area contributed by atoms with Crippen molar-refractivity contribution in [1.82, 2.24) is 20.5 Å². The van der Waals surface area contributed by atoms with Crippen LogP contribution in [0.2, 0.25) is 0 Å². The van der Waals surface area contributed by atoms with Crippen molar-refractivity contribution in [3.63, 3.8) is 0 Å². The largest absolute Gasteiger partial charge is 0.481 e. The Hall–Kier alpha value is -2.64. The van der Waals surface area contributed by atoms with E-state index >= 15 is 0 Å². The molecule has 0 radical (unpaired) electrons. The summed E-state index contributed by atoms with van der Waals surface area (Å²) in [5.74, 6) is 0.118. The molecule has 1 atom stereocenters. The van der Waals surface area contributed by atoms with E-state index in [-0.39, 0.29) is 24.3 Å². The van der Waals surface area contributed by atoms with Crippen LogP contribution < -0.4 is 15.4 Å². The molecule has 2 N–H and O–H groups in total. The van der Waals surface area contributed by atoms with Crippen molar-refractivity contribution in [3.05, 3.63) is 22.9 Å². The molecule has 2 aliphatic heterocycles. The molecular weight excluding hydrogens is 360 g/mol. The molecule has 1 aromatic heterocycles. The van der Waals surface area contributed by atoms with Gasteiger partial charge in [-0.3, -0.25) is 14.4 Å². The number of hydrogen-bond donors (Lipinski definition) is 2. The molecule has 0 unspecified atom stereocenters. The van der Waals surface area contributed by atoms with Gasteiger partial charge in [0.25, 0.3) is 5.91 Å². The predicted octanol–water partition coefficient (Wildman–Crippen LogP) is 1.27. The number of ether oxygens (including phenoxy) is 1. The average Bonchev–Trinajstić information content (AvgIpc) is 3.33. The Morgan fingerprint density at radius 2 is 2.07 bits per heavy atom. The fourth-order valence-electron chi connectivity index (χ4n) is 4.39. The van der Waals surface area contributed by atoms with Gasteiger partial charge in [0, 0.05) is 24.6 Å². The van der Waals surface area contributed by atoms with Crippen molar-refractivity contribution in [2.24, 2.45) is 0 Å². The number of carbonyl (C=O) groups is 3. The van der Waals surface area contributed by atoms with E-state index < -0.39 is 6.04 Å². The molecular formula is C20H26N4O4. The van der Waals surface area contributed by atoms with E-state index in [0.717, 1.165) is 31.4 Å². The number of aromatic nitrogens is 1. The van der Waals surface area contributed by atoms with Crippen LogP contribution in [0.3, 0.4) is 0 Å². The number of nitrogens with zero attached hydrogens (tertiary/aromatic N) is 2. The zero-order valence-electron chi connectivity index (χ0n) is 16.1. The summed E-state index contributed by atoms with van der Waals surface area (Å²) >= 11 is 0. The van der Waals surface area contributed by atoms with Gasteiger partial charge in [0.1, 0.15) is 6.04 Å². The minimum atomic E-state index is -0.505. The Morgan fingerprint density at radius 1 is 1.29 bits per heavy atom. The second-order valence-corrected chi connectivity index (χ2v) is 7.75. The standard InChI is InChI=1S/C20H26N4O4/c1-28-19-12(10-21-18(26)15-7-4-8-17(25)22-15)9-14-16(23-19)11-24(20(14)27)13-5-2-3-6-13/h9,13,15H,2-8,10-11H2,1H3,(H,21,26)(H,22,25)/t15-/m0/s1. The van der Waals surface area contributed by atoms with Crippen LogP contribution in [-0.2, 0) is 22.7 Å². The fourth-order valence-corrected chi connectivity index (χ4v) is 4.39. The first kappa shape index (κ1) is 18.7. The van der Waals surface area contributed by atoms with Crippen LogP contribution in [0.1, 0.15) is 66.6 Å². The molecule has 1 saturated heterocycles. The lowest BCUT2D eigenvalue weighted by atomic mass is 10.0. The van der Waals surface area contributed by atoms with Crippen LogP contribution in [0.15, 0.2) is 6.07 Å². The molecule has 8 heteroatoms.